The molecular weight excluding hydrogens is 258 g/mol. The zero-order chi connectivity index (χ0) is 13.5. The maximum absolute atomic E-state index is 5.60. The largest absolute Gasteiger partial charge is 0.497 e. The number of rotatable bonds is 7. The highest BCUT2D eigenvalue weighted by molar-refractivity contribution is 8.00. The van der Waals surface area contributed by atoms with Crippen molar-refractivity contribution in [1.29, 1.82) is 0 Å². The summed E-state index contributed by atoms with van der Waals surface area (Å²) < 4.78 is 10.8. The van der Waals surface area contributed by atoms with E-state index in [1.807, 2.05) is 23.9 Å². The number of benzene rings is 1. The topological polar surface area (TPSA) is 30.5 Å². The molecule has 1 N–H and O–H groups in total. The molecule has 3 nitrogen and oxygen atoms in total. The predicted molar refractivity (Wildman–Crippen MR) is 80.2 cm³/mol. The van der Waals surface area contributed by atoms with E-state index in [9.17, 15) is 0 Å². The molecule has 2 unspecified atom stereocenters. The third kappa shape index (κ3) is 5.05. The molecule has 4 heteroatoms. The highest BCUT2D eigenvalue weighted by atomic mass is 32.2. The normalized spacial score (nSPS) is 20.4. The fraction of sp³-hybridized carbons (Fsp3) is 0.600. The lowest BCUT2D eigenvalue weighted by Crippen LogP contribution is -2.30. The van der Waals surface area contributed by atoms with Crippen LogP contribution in [0.4, 0.5) is 0 Å². The van der Waals surface area contributed by atoms with Gasteiger partial charge >= 0.3 is 0 Å². The third-order valence-electron chi connectivity index (χ3n) is 3.22. The highest BCUT2D eigenvalue weighted by Gasteiger charge is 2.15. The van der Waals surface area contributed by atoms with E-state index < -0.39 is 0 Å². The Bertz CT molecular complexity index is 363. The number of thioether (sulfide) groups is 1. The summed E-state index contributed by atoms with van der Waals surface area (Å²) in [6.45, 7) is 5.17. The van der Waals surface area contributed by atoms with Crippen molar-refractivity contribution in [3.63, 3.8) is 0 Å². The second kappa shape index (κ2) is 7.78. The molecule has 19 heavy (non-hydrogen) atoms. The van der Waals surface area contributed by atoms with Crippen LogP contribution in [-0.4, -0.2) is 38.2 Å². The fourth-order valence-electron chi connectivity index (χ4n) is 2.18. The minimum absolute atomic E-state index is 0.429. The van der Waals surface area contributed by atoms with Gasteiger partial charge in [-0.05, 0) is 37.1 Å². The van der Waals surface area contributed by atoms with Crippen molar-refractivity contribution in [2.24, 2.45) is 0 Å². The lowest BCUT2D eigenvalue weighted by atomic mass is 10.2. The van der Waals surface area contributed by atoms with Crippen molar-refractivity contribution in [3.8, 4) is 5.75 Å². The zero-order valence-electron chi connectivity index (χ0n) is 11.7. The van der Waals surface area contributed by atoms with E-state index in [2.05, 4.69) is 24.4 Å². The standard InChI is InChI=1S/C15H23NO2S/c1-12(10-16-11-14-4-3-9-18-14)19-15-7-5-13(17-2)6-8-15/h5-8,12,14,16H,3-4,9-11H2,1-2H3. The molecule has 2 rings (SSSR count). The van der Waals surface area contributed by atoms with E-state index in [-0.39, 0.29) is 0 Å². The first kappa shape index (κ1) is 14.7. The minimum Gasteiger partial charge on any atom is -0.497 e. The molecule has 0 bridgehead atoms. The van der Waals surface area contributed by atoms with Crippen LogP contribution >= 0.6 is 11.8 Å². The van der Waals surface area contributed by atoms with E-state index >= 15 is 0 Å². The van der Waals surface area contributed by atoms with Crippen molar-refractivity contribution in [3.05, 3.63) is 24.3 Å². The van der Waals surface area contributed by atoms with Gasteiger partial charge in [0.05, 0.1) is 13.2 Å². The predicted octanol–water partition coefficient (Wildman–Crippen LogP) is 2.94. The van der Waals surface area contributed by atoms with Crippen LogP contribution in [0.1, 0.15) is 19.8 Å². The van der Waals surface area contributed by atoms with Gasteiger partial charge in [0.2, 0.25) is 0 Å². The van der Waals surface area contributed by atoms with Gasteiger partial charge in [-0.2, -0.15) is 0 Å². The molecule has 0 spiro atoms. The first-order valence-corrected chi connectivity index (χ1v) is 7.79. The van der Waals surface area contributed by atoms with Crippen LogP contribution in [0.25, 0.3) is 0 Å². The summed E-state index contributed by atoms with van der Waals surface area (Å²) in [5.41, 5.74) is 0. The van der Waals surface area contributed by atoms with Gasteiger partial charge in [-0.25, -0.2) is 0 Å². The molecule has 1 fully saturated rings. The SMILES string of the molecule is COc1ccc(SC(C)CNCC2CCCO2)cc1. The minimum atomic E-state index is 0.429. The number of methoxy groups -OCH3 is 1. The summed E-state index contributed by atoms with van der Waals surface area (Å²) >= 11 is 1.89. The summed E-state index contributed by atoms with van der Waals surface area (Å²) in [5.74, 6) is 0.911. The monoisotopic (exact) mass is 281 g/mol. The number of ether oxygens (including phenoxy) is 2. The summed E-state index contributed by atoms with van der Waals surface area (Å²) in [5, 5.41) is 4.05. The molecule has 1 heterocycles. The number of hydrogen-bond acceptors (Lipinski definition) is 4. The molecule has 0 aliphatic carbocycles. The second-order valence-corrected chi connectivity index (χ2v) is 6.41. The van der Waals surface area contributed by atoms with Crippen molar-refractivity contribution >= 4 is 11.8 Å². The Hall–Kier alpha value is -0.710. The van der Waals surface area contributed by atoms with Crippen LogP contribution < -0.4 is 10.1 Å². The van der Waals surface area contributed by atoms with Gasteiger partial charge in [-0.3, -0.25) is 0 Å². The summed E-state index contributed by atoms with van der Waals surface area (Å²) in [6.07, 6.45) is 2.84. The molecule has 1 aromatic rings. The van der Waals surface area contributed by atoms with Crippen molar-refractivity contribution < 1.29 is 9.47 Å². The summed E-state index contributed by atoms with van der Waals surface area (Å²) in [4.78, 5) is 1.28. The molecule has 0 saturated carbocycles. The molecular formula is C15H23NO2S. The van der Waals surface area contributed by atoms with Crippen molar-refractivity contribution in [1.82, 2.24) is 5.32 Å². The molecule has 0 amide bonds. The Morgan fingerprint density at radius 1 is 1.42 bits per heavy atom. The van der Waals surface area contributed by atoms with E-state index in [1.165, 1.54) is 17.7 Å². The van der Waals surface area contributed by atoms with Crippen LogP contribution in [-0.2, 0) is 4.74 Å². The van der Waals surface area contributed by atoms with Gasteiger partial charge < -0.3 is 14.8 Å². The molecule has 0 radical (unpaired) electrons. The van der Waals surface area contributed by atoms with E-state index in [0.717, 1.165) is 25.4 Å². The van der Waals surface area contributed by atoms with Crippen LogP contribution in [0.15, 0.2) is 29.2 Å². The molecule has 106 valence electrons. The second-order valence-electron chi connectivity index (χ2n) is 4.90. The molecule has 2 atom stereocenters. The Morgan fingerprint density at radius 2 is 2.21 bits per heavy atom. The van der Waals surface area contributed by atoms with Crippen LogP contribution in [0.3, 0.4) is 0 Å². The summed E-state index contributed by atoms with van der Waals surface area (Å²) in [6, 6.07) is 8.24. The third-order valence-corrected chi connectivity index (χ3v) is 4.34. The van der Waals surface area contributed by atoms with Crippen LogP contribution in [0.5, 0.6) is 5.75 Å². The first-order valence-electron chi connectivity index (χ1n) is 6.91. The maximum Gasteiger partial charge on any atom is 0.118 e. The fourth-order valence-corrected chi connectivity index (χ4v) is 3.14. The van der Waals surface area contributed by atoms with Gasteiger partial charge in [-0.15, -0.1) is 11.8 Å². The van der Waals surface area contributed by atoms with Gasteiger partial charge in [0.25, 0.3) is 0 Å². The average Bonchev–Trinajstić information content (AvgIpc) is 2.93. The van der Waals surface area contributed by atoms with E-state index in [0.29, 0.717) is 11.4 Å². The van der Waals surface area contributed by atoms with Crippen LogP contribution in [0.2, 0.25) is 0 Å². The number of nitrogens with one attached hydrogen (secondary N) is 1. The first-order chi connectivity index (χ1) is 9.28. The zero-order valence-corrected chi connectivity index (χ0v) is 12.5. The highest BCUT2D eigenvalue weighted by Crippen LogP contribution is 2.24. The average molecular weight is 281 g/mol. The lowest BCUT2D eigenvalue weighted by molar-refractivity contribution is 0.110. The van der Waals surface area contributed by atoms with Gasteiger partial charge in [-0.1, -0.05) is 6.92 Å². The molecule has 1 aromatic carbocycles. The van der Waals surface area contributed by atoms with Crippen LogP contribution in [0, 0.1) is 0 Å². The molecule has 0 aromatic heterocycles. The maximum atomic E-state index is 5.60. The quantitative estimate of drug-likeness (QED) is 0.778. The Kier molecular flexibility index (Phi) is 6.01. The molecule has 1 saturated heterocycles. The smallest absolute Gasteiger partial charge is 0.118 e. The van der Waals surface area contributed by atoms with E-state index in [1.54, 1.807) is 7.11 Å². The summed E-state index contributed by atoms with van der Waals surface area (Å²) in [7, 11) is 1.69. The number of hydrogen-bond donors (Lipinski definition) is 1. The van der Waals surface area contributed by atoms with Gasteiger partial charge in [0, 0.05) is 29.8 Å². The Balaban J connectivity index is 1.66. The Labute approximate surface area is 120 Å². The van der Waals surface area contributed by atoms with Crippen molar-refractivity contribution in [2.75, 3.05) is 26.8 Å². The molecule has 1 aliphatic rings. The molecule has 1 aliphatic heterocycles. The van der Waals surface area contributed by atoms with E-state index in [4.69, 9.17) is 9.47 Å². The van der Waals surface area contributed by atoms with Gasteiger partial charge in [0.15, 0.2) is 0 Å². The Morgan fingerprint density at radius 3 is 2.84 bits per heavy atom. The van der Waals surface area contributed by atoms with Gasteiger partial charge in [0.1, 0.15) is 5.75 Å². The lowest BCUT2D eigenvalue weighted by Gasteiger charge is -2.15. The van der Waals surface area contributed by atoms with Crippen molar-refractivity contribution in [2.45, 2.75) is 36.0 Å².